The summed E-state index contributed by atoms with van der Waals surface area (Å²) in [6.45, 7) is 4.02. The summed E-state index contributed by atoms with van der Waals surface area (Å²) >= 11 is 2.11. The monoisotopic (exact) mass is 516 g/mol. The summed E-state index contributed by atoms with van der Waals surface area (Å²) in [4.78, 5) is 0.171. The standard InChI is InChI=1S/C18H18FIN4O3S/c1-3-24-17(21-22-18(24)27-15-8-4-13(19)5-9-15)12(2)23-28(25,26)16-10-6-14(20)7-11-16/h4-12,23H,3H2,1-2H3/t12-/m1/s1. The van der Waals surface area contributed by atoms with Crippen molar-refractivity contribution in [3.05, 3.63) is 63.7 Å². The summed E-state index contributed by atoms with van der Waals surface area (Å²) in [5, 5.41) is 8.08. The summed E-state index contributed by atoms with van der Waals surface area (Å²) in [5.41, 5.74) is 0. The number of nitrogens with one attached hydrogen (secondary N) is 1. The van der Waals surface area contributed by atoms with E-state index in [0.29, 0.717) is 18.1 Å². The zero-order valence-electron chi connectivity index (χ0n) is 15.1. The Hall–Kier alpha value is -2.05. The van der Waals surface area contributed by atoms with Gasteiger partial charge in [-0.2, -0.15) is 0 Å². The van der Waals surface area contributed by atoms with E-state index in [2.05, 4.69) is 37.5 Å². The first-order valence-electron chi connectivity index (χ1n) is 8.44. The molecule has 0 unspecified atom stereocenters. The first-order chi connectivity index (χ1) is 13.3. The normalized spacial score (nSPS) is 12.7. The molecule has 10 heteroatoms. The molecule has 3 rings (SSSR count). The summed E-state index contributed by atoms with van der Waals surface area (Å²) in [6.07, 6.45) is 0. The topological polar surface area (TPSA) is 86.1 Å². The van der Waals surface area contributed by atoms with Crippen molar-refractivity contribution >= 4 is 32.6 Å². The number of halogens is 2. The first-order valence-corrected chi connectivity index (χ1v) is 11.0. The van der Waals surface area contributed by atoms with Crippen LogP contribution in [0.4, 0.5) is 4.39 Å². The fourth-order valence-electron chi connectivity index (χ4n) is 2.57. The van der Waals surface area contributed by atoms with Gasteiger partial charge in [0.15, 0.2) is 5.82 Å². The third-order valence-corrected chi connectivity index (χ3v) is 6.20. The van der Waals surface area contributed by atoms with E-state index < -0.39 is 16.1 Å². The lowest BCUT2D eigenvalue weighted by Gasteiger charge is -2.15. The molecule has 0 aliphatic carbocycles. The lowest BCUT2D eigenvalue weighted by atomic mass is 10.3. The van der Waals surface area contributed by atoms with Crippen molar-refractivity contribution < 1.29 is 17.5 Å². The number of hydrogen-bond donors (Lipinski definition) is 1. The molecule has 28 heavy (non-hydrogen) atoms. The van der Waals surface area contributed by atoms with Crippen molar-refractivity contribution in [2.24, 2.45) is 0 Å². The Bertz CT molecular complexity index is 1050. The molecule has 0 saturated carbocycles. The van der Waals surface area contributed by atoms with Crippen LogP contribution in [0.15, 0.2) is 53.4 Å². The predicted octanol–water partition coefficient (Wildman–Crippen LogP) is 3.87. The second kappa shape index (κ2) is 8.53. The number of aromatic nitrogens is 3. The minimum absolute atomic E-state index is 0.171. The summed E-state index contributed by atoms with van der Waals surface area (Å²) < 4.78 is 49.2. The van der Waals surface area contributed by atoms with E-state index in [-0.39, 0.29) is 16.7 Å². The molecule has 3 aromatic rings. The van der Waals surface area contributed by atoms with Crippen LogP contribution >= 0.6 is 22.6 Å². The Morgan fingerprint density at radius 3 is 2.39 bits per heavy atom. The highest BCUT2D eigenvalue weighted by molar-refractivity contribution is 14.1. The van der Waals surface area contributed by atoms with Crippen LogP contribution in [0.5, 0.6) is 11.8 Å². The second-order valence-corrected chi connectivity index (χ2v) is 8.90. The molecule has 0 fully saturated rings. The number of nitrogens with zero attached hydrogens (tertiary/aromatic N) is 3. The maximum Gasteiger partial charge on any atom is 0.322 e. The SMILES string of the molecule is CCn1c(Oc2ccc(F)cc2)nnc1[C@@H](C)NS(=O)(=O)c1ccc(I)cc1. The van der Waals surface area contributed by atoms with Crippen LogP contribution in [0.1, 0.15) is 25.7 Å². The van der Waals surface area contributed by atoms with Gasteiger partial charge in [-0.25, -0.2) is 17.5 Å². The summed E-state index contributed by atoms with van der Waals surface area (Å²) in [7, 11) is -3.72. The third-order valence-electron chi connectivity index (χ3n) is 3.93. The van der Waals surface area contributed by atoms with E-state index in [9.17, 15) is 12.8 Å². The lowest BCUT2D eigenvalue weighted by Crippen LogP contribution is -2.29. The van der Waals surface area contributed by atoms with Crippen molar-refractivity contribution in [2.75, 3.05) is 0 Å². The van der Waals surface area contributed by atoms with E-state index in [1.165, 1.54) is 24.3 Å². The van der Waals surface area contributed by atoms with Crippen LogP contribution in [-0.2, 0) is 16.6 Å². The van der Waals surface area contributed by atoms with Crippen LogP contribution in [0, 0.1) is 9.39 Å². The number of rotatable bonds is 7. The average molecular weight is 516 g/mol. The highest BCUT2D eigenvalue weighted by atomic mass is 127. The average Bonchev–Trinajstić information content (AvgIpc) is 3.06. The Labute approximate surface area is 176 Å². The zero-order chi connectivity index (χ0) is 20.3. The van der Waals surface area contributed by atoms with Crippen molar-refractivity contribution in [1.82, 2.24) is 19.5 Å². The van der Waals surface area contributed by atoms with Gasteiger partial charge in [0.2, 0.25) is 10.0 Å². The maximum atomic E-state index is 13.0. The van der Waals surface area contributed by atoms with Gasteiger partial charge in [0, 0.05) is 10.1 Å². The molecule has 0 saturated heterocycles. The van der Waals surface area contributed by atoms with Crippen molar-refractivity contribution in [2.45, 2.75) is 31.3 Å². The van der Waals surface area contributed by atoms with Crippen LogP contribution in [0.25, 0.3) is 0 Å². The van der Waals surface area contributed by atoms with Crippen molar-refractivity contribution in [3.8, 4) is 11.8 Å². The van der Waals surface area contributed by atoms with Crippen molar-refractivity contribution in [1.29, 1.82) is 0 Å². The van der Waals surface area contributed by atoms with E-state index in [4.69, 9.17) is 4.74 Å². The molecular formula is C18H18FIN4O3S. The lowest BCUT2D eigenvalue weighted by molar-refractivity contribution is 0.407. The minimum atomic E-state index is -3.72. The van der Waals surface area contributed by atoms with Gasteiger partial charge in [-0.1, -0.05) is 5.10 Å². The van der Waals surface area contributed by atoms with Crippen LogP contribution in [0.3, 0.4) is 0 Å². The van der Waals surface area contributed by atoms with Gasteiger partial charge in [-0.3, -0.25) is 4.57 Å². The van der Waals surface area contributed by atoms with Crippen molar-refractivity contribution in [3.63, 3.8) is 0 Å². The highest BCUT2D eigenvalue weighted by Gasteiger charge is 2.24. The van der Waals surface area contributed by atoms with Gasteiger partial charge in [-0.15, -0.1) is 5.10 Å². The number of ether oxygens (including phenoxy) is 1. The largest absolute Gasteiger partial charge is 0.424 e. The fourth-order valence-corrected chi connectivity index (χ4v) is 4.13. The molecule has 148 valence electrons. The summed E-state index contributed by atoms with van der Waals surface area (Å²) in [5.74, 6) is 0.444. The third kappa shape index (κ3) is 4.67. The molecule has 1 heterocycles. The fraction of sp³-hybridized carbons (Fsp3) is 0.222. The number of hydrogen-bond acceptors (Lipinski definition) is 5. The Balaban J connectivity index is 1.81. The second-order valence-electron chi connectivity index (χ2n) is 5.94. The number of benzene rings is 2. The van der Waals surface area contributed by atoms with Gasteiger partial charge < -0.3 is 4.74 Å². The molecule has 0 spiro atoms. The molecule has 0 radical (unpaired) electrons. The van der Waals surface area contributed by atoms with Gasteiger partial charge in [0.25, 0.3) is 0 Å². The molecule has 1 atom stereocenters. The van der Waals surface area contributed by atoms with Crippen LogP contribution in [-0.4, -0.2) is 23.2 Å². The Kier molecular flexibility index (Phi) is 6.30. The quantitative estimate of drug-likeness (QED) is 0.482. The molecule has 1 aromatic heterocycles. The molecule has 1 N–H and O–H groups in total. The minimum Gasteiger partial charge on any atom is -0.424 e. The van der Waals surface area contributed by atoms with E-state index >= 15 is 0 Å². The molecule has 0 aliphatic heterocycles. The first kappa shape index (κ1) is 20.7. The van der Waals surface area contributed by atoms with Gasteiger partial charge in [0.05, 0.1) is 10.9 Å². The van der Waals surface area contributed by atoms with Gasteiger partial charge in [-0.05, 0) is 85.0 Å². The molecule has 7 nitrogen and oxygen atoms in total. The highest BCUT2D eigenvalue weighted by Crippen LogP contribution is 2.24. The molecule has 0 aliphatic rings. The van der Waals surface area contributed by atoms with Gasteiger partial charge in [0.1, 0.15) is 11.6 Å². The zero-order valence-corrected chi connectivity index (χ0v) is 18.1. The Morgan fingerprint density at radius 2 is 1.79 bits per heavy atom. The molecule has 0 amide bonds. The van der Waals surface area contributed by atoms with E-state index in [1.54, 1.807) is 35.8 Å². The maximum absolute atomic E-state index is 13.0. The smallest absolute Gasteiger partial charge is 0.322 e. The predicted molar refractivity (Wildman–Crippen MR) is 110 cm³/mol. The van der Waals surface area contributed by atoms with Gasteiger partial charge >= 0.3 is 6.01 Å². The van der Waals surface area contributed by atoms with E-state index in [0.717, 1.165) is 3.57 Å². The summed E-state index contributed by atoms with van der Waals surface area (Å²) in [6, 6.07) is 11.6. The molecule has 0 bridgehead atoms. The van der Waals surface area contributed by atoms with Crippen LogP contribution < -0.4 is 9.46 Å². The molecule has 2 aromatic carbocycles. The van der Waals surface area contributed by atoms with E-state index in [1.807, 2.05) is 6.92 Å². The van der Waals surface area contributed by atoms with Crippen LogP contribution in [0.2, 0.25) is 0 Å². The number of sulfonamides is 1. The molecular weight excluding hydrogens is 498 g/mol. The Morgan fingerprint density at radius 1 is 1.14 bits per heavy atom.